The summed E-state index contributed by atoms with van der Waals surface area (Å²) in [4.78, 5) is 18.4. The molecule has 0 spiro atoms. The van der Waals surface area contributed by atoms with Crippen LogP contribution >= 0.6 is 0 Å². The number of hydrogen-bond donors (Lipinski definition) is 2. The van der Waals surface area contributed by atoms with Gasteiger partial charge in [-0.15, -0.1) is 0 Å². The van der Waals surface area contributed by atoms with Gasteiger partial charge in [0.15, 0.2) is 5.69 Å². The first-order valence-corrected chi connectivity index (χ1v) is 2.75. The topological polar surface area (TPSA) is 74.4 Å². The van der Waals surface area contributed by atoms with Crippen LogP contribution in [0.15, 0.2) is 17.3 Å². The van der Waals surface area contributed by atoms with Crippen molar-refractivity contribution in [1.29, 1.82) is 0 Å². The summed E-state index contributed by atoms with van der Waals surface area (Å²) < 4.78 is 0. The predicted molar refractivity (Wildman–Crippen MR) is 33.6 cm³/mol. The third-order valence-corrected chi connectivity index (χ3v) is 1.24. The molecule has 0 unspecified atom stereocenters. The maximum Gasteiger partial charge on any atom is 0.290 e. The molecule has 5 nitrogen and oxygen atoms in total. The fourth-order valence-electron chi connectivity index (χ4n) is 0.786. The molecule has 0 bridgehead atoms. The smallest absolute Gasteiger partial charge is 0.290 e. The quantitative estimate of drug-likeness (QED) is 0.517. The van der Waals surface area contributed by atoms with Gasteiger partial charge in [-0.05, 0) is 0 Å². The molecule has 2 aliphatic heterocycles. The second kappa shape index (κ2) is 1.66. The van der Waals surface area contributed by atoms with E-state index in [1.54, 1.807) is 6.20 Å². The molecular weight excluding hydrogens is 132 g/mol. The van der Waals surface area contributed by atoms with Crippen LogP contribution in [0.4, 0.5) is 0 Å². The second-order valence-electron chi connectivity index (χ2n) is 1.85. The number of aromatic nitrogens is 4. The number of nitrogens with zero attached hydrogens (tertiary/aromatic N) is 2. The normalized spacial score (nSPS) is 10.4. The molecule has 2 aliphatic rings. The first-order chi connectivity index (χ1) is 4.88. The molecular formula is C5H4N4O. The van der Waals surface area contributed by atoms with Crippen LogP contribution in [-0.4, -0.2) is 20.2 Å². The minimum absolute atomic E-state index is 0.241. The monoisotopic (exact) mass is 136 g/mol. The zero-order chi connectivity index (χ0) is 6.97. The van der Waals surface area contributed by atoms with Crippen LogP contribution in [0.3, 0.4) is 0 Å². The van der Waals surface area contributed by atoms with Gasteiger partial charge in [-0.1, -0.05) is 0 Å². The SMILES string of the molecule is O=c1[nH][nH]cc2ncnc1-2. The second-order valence-corrected chi connectivity index (χ2v) is 1.85. The maximum atomic E-state index is 10.9. The van der Waals surface area contributed by atoms with Gasteiger partial charge in [0.2, 0.25) is 0 Å². The lowest BCUT2D eigenvalue weighted by Crippen LogP contribution is -2.10. The summed E-state index contributed by atoms with van der Waals surface area (Å²) in [5.74, 6) is 0. The molecule has 2 N–H and O–H groups in total. The minimum atomic E-state index is -0.241. The first kappa shape index (κ1) is 5.16. The number of aromatic amines is 2. The molecule has 0 amide bonds. The molecule has 0 radical (unpaired) electrons. The summed E-state index contributed by atoms with van der Waals surface area (Å²) in [5.41, 5.74) is 0.720. The molecule has 0 aliphatic carbocycles. The van der Waals surface area contributed by atoms with Crippen molar-refractivity contribution >= 4 is 0 Å². The standard InChI is InChI=1S/C5H4N4O/c10-5-4-3(1-8-9-5)6-2-7-4/h1-2,8H,(H,9,10). The summed E-state index contributed by atoms with van der Waals surface area (Å²) in [7, 11) is 0. The van der Waals surface area contributed by atoms with Gasteiger partial charge in [0, 0.05) is 6.20 Å². The number of hydrogen-bond acceptors (Lipinski definition) is 3. The van der Waals surface area contributed by atoms with Crippen molar-refractivity contribution in [2.75, 3.05) is 0 Å². The molecule has 0 aromatic heterocycles. The van der Waals surface area contributed by atoms with Crippen LogP contribution in [0.5, 0.6) is 0 Å². The van der Waals surface area contributed by atoms with Crippen LogP contribution in [0.25, 0.3) is 11.4 Å². The summed E-state index contributed by atoms with van der Waals surface area (Å²) in [6.45, 7) is 0. The van der Waals surface area contributed by atoms with Crippen molar-refractivity contribution in [3.05, 3.63) is 22.9 Å². The molecule has 50 valence electrons. The highest BCUT2D eigenvalue weighted by Gasteiger charge is 2.07. The van der Waals surface area contributed by atoms with E-state index in [1.165, 1.54) is 6.33 Å². The van der Waals surface area contributed by atoms with E-state index in [9.17, 15) is 4.79 Å². The van der Waals surface area contributed by atoms with E-state index in [1.807, 2.05) is 0 Å². The Labute approximate surface area is 55.5 Å². The maximum absolute atomic E-state index is 10.9. The van der Waals surface area contributed by atoms with E-state index in [2.05, 4.69) is 20.2 Å². The van der Waals surface area contributed by atoms with Crippen LogP contribution < -0.4 is 5.56 Å². The van der Waals surface area contributed by atoms with Crippen molar-refractivity contribution < 1.29 is 0 Å². The molecule has 0 saturated heterocycles. The highest BCUT2D eigenvalue weighted by Crippen LogP contribution is 2.06. The average Bonchev–Trinajstić information content (AvgIpc) is 2.36. The van der Waals surface area contributed by atoms with Crippen LogP contribution in [0.2, 0.25) is 0 Å². The van der Waals surface area contributed by atoms with E-state index in [4.69, 9.17) is 0 Å². The van der Waals surface area contributed by atoms with Crippen molar-refractivity contribution in [3.63, 3.8) is 0 Å². The van der Waals surface area contributed by atoms with E-state index < -0.39 is 0 Å². The Morgan fingerprint density at radius 1 is 1.40 bits per heavy atom. The lowest BCUT2D eigenvalue weighted by Gasteiger charge is -1.89. The summed E-state index contributed by atoms with van der Waals surface area (Å²) in [6.07, 6.45) is 2.94. The van der Waals surface area contributed by atoms with Gasteiger partial charge in [0.25, 0.3) is 5.56 Å². The van der Waals surface area contributed by atoms with Crippen molar-refractivity contribution in [3.8, 4) is 11.4 Å². The van der Waals surface area contributed by atoms with Gasteiger partial charge in [-0.3, -0.25) is 9.89 Å². The van der Waals surface area contributed by atoms with Crippen molar-refractivity contribution in [2.24, 2.45) is 0 Å². The van der Waals surface area contributed by atoms with Crippen molar-refractivity contribution in [1.82, 2.24) is 20.2 Å². The zero-order valence-electron chi connectivity index (χ0n) is 4.96. The van der Waals surface area contributed by atoms with E-state index >= 15 is 0 Å². The molecule has 2 heterocycles. The molecule has 5 heteroatoms. The fraction of sp³-hybridized carbons (Fsp3) is 0. The van der Waals surface area contributed by atoms with Crippen LogP contribution in [0.1, 0.15) is 0 Å². The van der Waals surface area contributed by atoms with Gasteiger partial charge < -0.3 is 5.10 Å². The first-order valence-electron chi connectivity index (χ1n) is 2.75. The highest BCUT2D eigenvalue weighted by molar-refractivity contribution is 5.51. The minimum Gasteiger partial charge on any atom is -0.303 e. The average molecular weight is 136 g/mol. The van der Waals surface area contributed by atoms with Gasteiger partial charge in [0.05, 0.1) is 0 Å². The number of imidazole rings is 1. The Bertz CT molecular complexity index is 362. The van der Waals surface area contributed by atoms with E-state index in [0.29, 0.717) is 11.4 Å². The number of rotatable bonds is 0. The van der Waals surface area contributed by atoms with Crippen LogP contribution in [0, 0.1) is 0 Å². The van der Waals surface area contributed by atoms with Crippen LogP contribution in [-0.2, 0) is 0 Å². The predicted octanol–water partition coefficient (Wildman–Crippen LogP) is -0.402. The van der Waals surface area contributed by atoms with Crippen molar-refractivity contribution in [2.45, 2.75) is 0 Å². The zero-order valence-corrected chi connectivity index (χ0v) is 4.96. The highest BCUT2D eigenvalue weighted by atomic mass is 16.1. The summed E-state index contributed by atoms with van der Waals surface area (Å²) in [6, 6.07) is 0. The number of nitrogens with one attached hydrogen (secondary N) is 2. The Morgan fingerprint density at radius 2 is 2.30 bits per heavy atom. The van der Waals surface area contributed by atoms with Gasteiger partial charge in [-0.2, -0.15) is 0 Å². The lowest BCUT2D eigenvalue weighted by atomic mass is 10.3. The van der Waals surface area contributed by atoms with Gasteiger partial charge in [0.1, 0.15) is 12.0 Å². The molecule has 0 fully saturated rings. The number of fused-ring (bicyclic) bond motifs is 1. The van der Waals surface area contributed by atoms with E-state index in [-0.39, 0.29) is 5.56 Å². The molecule has 0 saturated carbocycles. The Morgan fingerprint density at radius 3 is 3.10 bits per heavy atom. The Kier molecular flexibility index (Phi) is 0.858. The third kappa shape index (κ3) is 0.540. The van der Waals surface area contributed by atoms with E-state index in [0.717, 1.165) is 0 Å². The fourth-order valence-corrected chi connectivity index (χ4v) is 0.786. The molecule has 2 rings (SSSR count). The van der Waals surface area contributed by atoms with Gasteiger partial charge in [-0.25, -0.2) is 9.97 Å². The molecule has 10 heavy (non-hydrogen) atoms. The Hall–Kier alpha value is -1.65. The number of H-pyrrole nitrogens is 2. The summed E-state index contributed by atoms with van der Waals surface area (Å²) >= 11 is 0. The summed E-state index contributed by atoms with van der Waals surface area (Å²) in [5, 5.41) is 4.93. The Balaban J connectivity index is 2.93. The molecule has 0 aromatic rings. The molecule has 0 atom stereocenters. The third-order valence-electron chi connectivity index (χ3n) is 1.24. The molecule has 0 aromatic carbocycles. The largest absolute Gasteiger partial charge is 0.303 e. The van der Waals surface area contributed by atoms with Gasteiger partial charge >= 0.3 is 0 Å². The lowest BCUT2D eigenvalue weighted by molar-refractivity contribution is 0.979.